The summed E-state index contributed by atoms with van der Waals surface area (Å²) >= 11 is 5.99. The fourth-order valence-electron chi connectivity index (χ4n) is 4.07. The number of anilines is 1. The van der Waals surface area contributed by atoms with Crippen molar-refractivity contribution >= 4 is 46.0 Å². The molecule has 0 fully saturated rings. The van der Waals surface area contributed by atoms with E-state index in [1.165, 1.54) is 0 Å². The third kappa shape index (κ3) is 5.11. The van der Waals surface area contributed by atoms with E-state index in [0.29, 0.717) is 44.4 Å². The van der Waals surface area contributed by atoms with Crippen molar-refractivity contribution in [1.82, 2.24) is 4.57 Å². The molecule has 7 nitrogen and oxygen atoms in total. The standard InChI is InChI=1S/C28H25ClN2O5/c1-4-36-28(34)19-7-11-21(12-8-19)30-26(32)16-23-17(2)31(25-14-13-22(35-3)15-24(23)25)27(33)18-5-9-20(29)10-6-18/h5-15H,4,16H2,1-3H3,(H,30,32). The van der Waals surface area contributed by atoms with Crippen LogP contribution in [0.3, 0.4) is 0 Å². The number of benzene rings is 3. The molecular formula is C28H25ClN2O5. The Kier molecular flexibility index (Phi) is 7.41. The molecule has 0 unspecified atom stereocenters. The van der Waals surface area contributed by atoms with Crippen molar-refractivity contribution in [3.8, 4) is 5.75 Å². The lowest BCUT2D eigenvalue weighted by molar-refractivity contribution is -0.115. The zero-order valence-corrected chi connectivity index (χ0v) is 20.9. The van der Waals surface area contributed by atoms with Crippen molar-refractivity contribution in [2.45, 2.75) is 20.3 Å². The number of ether oxygens (including phenoxy) is 2. The SMILES string of the molecule is CCOC(=O)c1ccc(NC(=O)Cc2c(C)n(C(=O)c3ccc(Cl)cc3)c3ccc(OC)cc23)cc1. The van der Waals surface area contributed by atoms with E-state index in [0.717, 1.165) is 5.39 Å². The molecule has 3 aromatic carbocycles. The average Bonchev–Trinajstić information content (AvgIpc) is 3.14. The quantitative estimate of drug-likeness (QED) is 0.328. The van der Waals surface area contributed by atoms with Crippen LogP contribution in [-0.4, -0.2) is 36.1 Å². The van der Waals surface area contributed by atoms with Crippen molar-refractivity contribution in [3.05, 3.63) is 94.1 Å². The number of amides is 1. The van der Waals surface area contributed by atoms with Crippen LogP contribution in [0, 0.1) is 6.92 Å². The second-order valence-corrected chi connectivity index (χ2v) is 8.55. The minimum absolute atomic E-state index is 0.0377. The van der Waals surface area contributed by atoms with Gasteiger partial charge in [-0.2, -0.15) is 0 Å². The molecule has 0 bridgehead atoms. The smallest absolute Gasteiger partial charge is 0.338 e. The lowest BCUT2D eigenvalue weighted by Crippen LogP contribution is -2.17. The molecule has 4 rings (SSSR count). The van der Waals surface area contributed by atoms with Crippen molar-refractivity contribution in [2.24, 2.45) is 0 Å². The maximum atomic E-state index is 13.4. The number of nitrogens with one attached hydrogen (secondary N) is 1. The molecule has 0 atom stereocenters. The van der Waals surface area contributed by atoms with E-state index in [-0.39, 0.29) is 24.8 Å². The molecule has 0 aliphatic rings. The molecule has 1 N–H and O–H groups in total. The van der Waals surface area contributed by atoms with Gasteiger partial charge in [0.1, 0.15) is 5.75 Å². The second kappa shape index (κ2) is 10.7. The van der Waals surface area contributed by atoms with Gasteiger partial charge < -0.3 is 14.8 Å². The lowest BCUT2D eigenvalue weighted by Gasteiger charge is -2.09. The first kappa shape index (κ1) is 25.0. The molecule has 184 valence electrons. The Bertz CT molecular complexity index is 1440. The number of carbonyl (C=O) groups is 3. The minimum Gasteiger partial charge on any atom is -0.497 e. The van der Waals surface area contributed by atoms with Crippen LogP contribution in [0.1, 0.15) is 38.9 Å². The zero-order valence-electron chi connectivity index (χ0n) is 20.1. The monoisotopic (exact) mass is 504 g/mol. The first-order chi connectivity index (χ1) is 17.3. The average molecular weight is 505 g/mol. The highest BCUT2D eigenvalue weighted by atomic mass is 35.5. The summed E-state index contributed by atoms with van der Waals surface area (Å²) in [5.74, 6) is -0.281. The lowest BCUT2D eigenvalue weighted by atomic mass is 10.1. The zero-order chi connectivity index (χ0) is 25.8. The highest BCUT2D eigenvalue weighted by Crippen LogP contribution is 2.31. The molecule has 0 aliphatic heterocycles. The number of hydrogen-bond donors (Lipinski definition) is 1. The van der Waals surface area contributed by atoms with Crippen LogP contribution < -0.4 is 10.1 Å². The summed E-state index contributed by atoms with van der Waals surface area (Å²) < 4.78 is 12.0. The van der Waals surface area contributed by atoms with Crippen LogP contribution in [-0.2, 0) is 16.0 Å². The number of carbonyl (C=O) groups excluding carboxylic acids is 3. The van der Waals surface area contributed by atoms with E-state index in [9.17, 15) is 14.4 Å². The molecule has 1 heterocycles. The topological polar surface area (TPSA) is 86.6 Å². The number of halogens is 1. The van der Waals surface area contributed by atoms with E-state index < -0.39 is 5.97 Å². The first-order valence-electron chi connectivity index (χ1n) is 11.4. The molecule has 1 aromatic heterocycles. The van der Waals surface area contributed by atoms with Crippen molar-refractivity contribution in [3.63, 3.8) is 0 Å². The Labute approximate surface area is 213 Å². The third-order valence-electron chi connectivity index (χ3n) is 5.85. The van der Waals surface area contributed by atoms with Gasteiger partial charge >= 0.3 is 5.97 Å². The highest BCUT2D eigenvalue weighted by molar-refractivity contribution is 6.30. The fraction of sp³-hybridized carbons (Fsp3) is 0.179. The van der Waals surface area contributed by atoms with E-state index in [1.807, 2.05) is 19.1 Å². The number of methoxy groups -OCH3 is 1. The molecule has 0 saturated heterocycles. The summed E-state index contributed by atoms with van der Waals surface area (Å²) in [7, 11) is 1.57. The van der Waals surface area contributed by atoms with Crippen LogP contribution in [0.2, 0.25) is 5.02 Å². The van der Waals surface area contributed by atoms with Gasteiger partial charge in [-0.3, -0.25) is 14.2 Å². The first-order valence-corrected chi connectivity index (χ1v) is 11.8. The fourth-order valence-corrected chi connectivity index (χ4v) is 4.19. The summed E-state index contributed by atoms with van der Waals surface area (Å²) in [5.41, 5.74) is 3.48. The van der Waals surface area contributed by atoms with Gasteiger partial charge in [-0.05, 0) is 86.1 Å². The van der Waals surface area contributed by atoms with E-state index in [1.54, 1.807) is 73.2 Å². The van der Waals surface area contributed by atoms with Gasteiger partial charge in [0.25, 0.3) is 5.91 Å². The third-order valence-corrected chi connectivity index (χ3v) is 6.11. The molecular weight excluding hydrogens is 480 g/mol. The molecule has 36 heavy (non-hydrogen) atoms. The predicted octanol–water partition coefficient (Wildman–Crippen LogP) is 5.66. The number of fused-ring (bicyclic) bond motifs is 1. The summed E-state index contributed by atoms with van der Waals surface area (Å²) in [5, 5.41) is 4.15. The van der Waals surface area contributed by atoms with E-state index >= 15 is 0 Å². The van der Waals surface area contributed by atoms with Crippen LogP contribution in [0.15, 0.2) is 66.7 Å². The van der Waals surface area contributed by atoms with E-state index in [4.69, 9.17) is 21.1 Å². The Morgan fingerprint density at radius 1 is 0.944 bits per heavy atom. The highest BCUT2D eigenvalue weighted by Gasteiger charge is 2.22. The van der Waals surface area contributed by atoms with Gasteiger partial charge in [0.2, 0.25) is 5.91 Å². The number of esters is 1. The van der Waals surface area contributed by atoms with Crippen molar-refractivity contribution < 1.29 is 23.9 Å². The van der Waals surface area contributed by atoms with Gasteiger partial charge in [0.15, 0.2) is 0 Å². The Morgan fingerprint density at radius 2 is 1.61 bits per heavy atom. The summed E-state index contributed by atoms with van der Waals surface area (Å²) in [6.07, 6.45) is 0.0377. The normalized spacial score (nSPS) is 10.8. The molecule has 0 aliphatic carbocycles. The molecule has 4 aromatic rings. The van der Waals surface area contributed by atoms with Crippen LogP contribution in [0.25, 0.3) is 10.9 Å². The maximum absolute atomic E-state index is 13.4. The van der Waals surface area contributed by atoms with Crippen molar-refractivity contribution in [1.29, 1.82) is 0 Å². The van der Waals surface area contributed by atoms with Gasteiger partial charge in [0.05, 0.1) is 31.2 Å². The summed E-state index contributed by atoms with van der Waals surface area (Å²) in [6, 6.07) is 18.6. The predicted molar refractivity (Wildman–Crippen MR) is 139 cm³/mol. The Morgan fingerprint density at radius 3 is 2.25 bits per heavy atom. The van der Waals surface area contributed by atoms with Crippen LogP contribution in [0.5, 0.6) is 5.75 Å². The van der Waals surface area contributed by atoms with E-state index in [2.05, 4.69) is 5.32 Å². The molecule has 0 spiro atoms. The van der Waals surface area contributed by atoms with Crippen LogP contribution >= 0.6 is 11.6 Å². The molecule has 1 amide bonds. The summed E-state index contributed by atoms with van der Waals surface area (Å²) in [4.78, 5) is 38.3. The van der Waals surface area contributed by atoms with Gasteiger partial charge in [-0.1, -0.05) is 11.6 Å². The summed E-state index contributed by atoms with van der Waals surface area (Å²) in [6.45, 7) is 3.84. The van der Waals surface area contributed by atoms with Crippen molar-refractivity contribution in [2.75, 3.05) is 19.0 Å². The van der Waals surface area contributed by atoms with Gasteiger partial charge in [-0.25, -0.2) is 4.79 Å². The number of hydrogen-bond acceptors (Lipinski definition) is 5. The van der Waals surface area contributed by atoms with Gasteiger partial charge in [0, 0.05) is 27.4 Å². The second-order valence-electron chi connectivity index (χ2n) is 8.12. The van der Waals surface area contributed by atoms with Crippen LogP contribution in [0.4, 0.5) is 5.69 Å². The Hall–Kier alpha value is -4.10. The molecule has 8 heteroatoms. The van der Waals surface area contributed by atoms with Gasteiger partial charge in [-0.15, -0.1) is 0 Å². The molecule has 0 radical (unpaired) electrons. The Balaban J connectivity index is 1.65. The largest absolute Gasteiger partial charge is 0.497 e. The number of nitrogens with zero attached hydrogens (tertiary/aromatic N) is 1. The molecule has 0 saturated carbocycles. The minimum atomic E-state index is -0.418. The number of aromatic nitrogens is 1. The maximum Gasteiger partial charge on any atom is 0.338 e. The number of rotatable bonds is 7.